The second-order valence-electron chi connectivity index (χ2n) is 4.66. The van der Waals surface area contributed by atoms with E-state index in [9.17, 15) is 9.90 Å². The maximum absolute atomic E-state index is 12.0. The summed E-state index contributed by atoms with van der Waals surface area (Å²) in [6, 6.07) is 11.1. The van der Waals surface area contributed by atoms with E-state index in [1.165, 1.54) is 12.1 Å². The molecule has 110 valence electrons. The van der Waals surface area contributed by atoms with Gasteiger partial charge in [0.1, 0.15) is 22.5 Å². The Morgan fingerprint density at radius 2 is 1.86 bits per heavy atom. The third-order valence-corrected chi connectivity index (χ3v) is 3.70. The van der Waals surface area contributed by atoms with Gasteiger partial charge < -0.3 is 9.52 Å². The third-order valence-electron chi connectivity index (χ3n) is 3.14. The van der Waals surface area contributed by atoms with Crippen LogP contribution in [0.25, 0.3) is 23.1 Å². The van der Waals surface area contributed by atoms with Crippen molar-refractivity contribution in [3.05, 3.63) is 74.1 Å². The van der Waals surface area contributed by atoms with Crippen molar-refractivity contribution >= 4 is 46.3 Å². The van der Waals surface area contributed by atoms with Gasteiger partial charge in [-0.15, -0.1) is 0 Å². The van der Waals surface area contributed by atoms with Crippen LogP contribution in [0, 0.1) is 0 Å². The monoisotopic (exact) mass is 332 g/mol. The summed E-state index contributed by atoms with van der Waals surface area (Å²) in [6.45, 7) is 0. The number of hydrogen-bond donors (Lipinski definition) is 1. The molecule has 0 bridgehead atoms. The first-order chi connectivity index (χ1) is 10.5. The molecule has 1 N–H and O–H groups in total. The van der Waals surface area contributed by atoms with Gasteiger partial charge in [0, 0.05) is 16.1 Å². The maximum atomic E-state index is 12.0. The lowest BCUT2D eigenvalue weighted by Crippen LogP contribution is -2.00. The topological polar surface area (TPSA) is 50.4 Å². The zero-order chi connectivity index (χ0) is 15.7. The van der Waals surface area contributed by atoms with Crippen molar-refractivity contribution in [2.75, 3.05) is 0 Å². The normalized spacial score (nSPS) is 11.4. The van der Waals surface area contributed by atoms with E-state index >= 15 is 0 Å². The van der Waals surface area contributed by atoms with E-state index in [2.05, 4.69) is 0 Å². The average molecular weight is 333 g/mol. The van der Waals surface area contributed by atoms with Gasteiger partial charge in [-0.05, 0) is 42.0 Å². The molecule has 0 saturated carbocycles. The smallest absolute Gasteiger partial charge is 0.197 e. The molecule has 1 heterocycles. The number of fused-ring (bicyclic) bond motifs is 1. The molecule has 0 aliphatic carbocycles. The Hall–Kier alpha value is -2.23. The molecule has 2 aromatic carbocycles. The highest BCUT2D eigenvalue weighted by Crippen LogP contribution is 2.24. The lowest BCUT2D eigenvalue weighted by molar-refractivity contribution is 0.479. The molecule has 3 nitrogen and oxygen atoms in total. The van der Waals surface area contributed by atoms with Crippen LogP contribution >= 0.6 is 23.2 Å². The van der Waals surface area contributed by atoms with E-state index in [1.54, 1.807) is 42.5 Å². The molecule has 5 heteroatoms. The zero-order valence-electron chi connectivity index (χ0n) is 11.2. The summed E-state index contributed by atoms with van der Waals surface area (Å²) in [4.78, 5) is 12.0. The van der Waals surface area contributed by atoms with Crippen LogP contribution in [0.4, 0.5) is 0 Å². The van der Waals surface area contributed by atoms with Crippen molar-refractivity contribution in [3.63, 3.8) is 0 Å². The Morgan fingerprint density at radius 3 is 2.64 bits per heavy atom. The molecule has 3 rings (SSSR count). The summed E-state index contributed by atoms with van der Waals surface area (Å²) in [7, 11) is 0. The van der Waals surface area contributed by atoms with Crippen LogP contribution in [0.1, 0.15) is 11.3 Å². The van der Waals surface area contributed by atoms with E-state index < -0.39 is 0 Å². The minimum absolute atomic E-state index is 0.0949. The Morgan fingerprint density at radius 1 is 1.05 bits per heavy atom. The third kappa shape index (κ3) is 2.86. The van der Waals surface area contributed by atoms with Crippen LogP contribution in [0.2, 0.25) is 10.0 Å². The number of benzene rings is 2. The van der Waals surface area contributed by atoms with Crippen molar-refractivity contribution in [1.82, 2.24) is 0 Å². The van der Waals surface area contributed by atoms with Gasteiger partial charge in [0.25, 0.3) is 0 Å². The van der Waals surface area contributed by atoms with Crippen LogP contribution in [-0.4, -0.2) is 5.11 Å². The second-order valence-corrected chi connectivity index (χ2v) is 5.51. The standard InChI is InChI=1S/C17H10Cl2O3/c18-11-6-4-10(13(19)8-11)5-7-12-9-15(21)17-14(20)2-1-3-16(17)22-12/h1-9,20H/b7-5+. The summed E-state index contributed by atoms with van der Waals surface area (Å²) in [5.41, 5.74) is 0.778. The summed E-state index contributed by atoms with van der Waals surface area (Å²) >= 11 is 11.9. The molecule has 0 atom stereocenters. The molecule has 0 amide bonds. The maximum Gasteiger partial charge on any atom is 0.197 e. The Labute approximate surface area is 136 Å². The van der Waals surface area contributed by atoms with Crippen LogP contribution in [-0.2, 0) is 0 Å². The number of rotatable bonds is 2. The van der Waals surface area contributed by atoms with E-state index in [-0.39, 0.29) is 16.6 Å². The Bertz CT molecular complexity index is 942. The first kappa shape index (κ1) is 14.7. The Kier molecular flexibility index (Phi) is 3.92. The molecule has 0 aliphatic heterocycles. The van der Waals surface area contributed by atoms with Gasteiger partial charge in [-0.2, -0.15) is 0 Å². The fraction of sp³-hybridized carbons (Fsp3) is 0. The molecule has 0 radical (unpaired) electrons. The van der Waals surface area contributed by atoms with E-state index in [1.807, 2.05) is 0 Å². The highest BCUT2D eigenvalue weighted by atomic mass is 35.5. The average Bonchev–Trinajstić information content (AvgIpc) is 2.46. The van der Waals surface area contributed by atoms with Gasteiger partial charge in [0.05, 0.1) is 0 Å². The van der Waals surface area contributed by atoms with Crippen molar-refractivity contribution in [2.45, 2.75) is 0 Å². The molecular weight excluding hydrogens is 323 g/mol. The minimum Gasteiger partial charge on any atom is -0.507 e. The predicted octanol–water partition coefficient (Wildman–Crippen LogP) is 4.98. The largest absolute Gasteiger partial charge is 0.507 e. The molecule has 0 unspecified atom stereocenters. The lowest BCUT2D eigenvalue weighted by Gasteiger charge is -2.01. The molecule has 1 aromatic heterocycles. The summed E-state index contributed by atoms with van der Waals surface area (Å²) in [6.07, 6.45) is 3.37. The van der Waals surface area contributed by atoms with E-state index in [4.69, 9.17) is 27.6 Å². The summed E-state index contributed by atoms with van der Waals surface area (Å²) in [5, 5.41) is 10.9. The lowest BCUT2D eigenvalue weighted by atomic mass is 10.1. The minimum atomic E-state index is -0.304. The van der Waals surface area contributed by atoms with Gasteiger partial charge in [-0.25, -0.2) is 0 Å². The fourth-order valence-electron chi connectivity index (χ4n) is 2.10. The van der Waals surface area contributed by atoms with Crippen molar-refractivity contribution < 1.29 is 9.52 Å². The number of phenolic OH excluding ortho intramolecular Hbond substituents is 1. The quantitative estimate of drug-likeness (QED) is 0.720. The first-order valence-corrected chi connectivity index (χ1v) is 7.19. The number of hydrogen-bond acceptors (Lipinski definition) is 3. The molecule has 0 saturated heterocycles. The van der Waals surface area contributed by atoms with Crippen molar-refractivity contribution in [3.8, 4) is 5.75 Å². The van der Waals surface area contributed by atoms with Crippen LogP contribution in [0.5, 0.6) is 5.75 Å². The van der Waals surface area contributed by atoms with Crippen molar-refractivity contribution in [2.24, 2.45) is 0 Å². The van der Waals surface area contributed by atoms with Gasteiger partial charge in [-0.1, -0.05) is 35.3 Å². The van der Waals surface area contributed by atoms with Crippen LogP contribution < -0.4 is 5.43 Å². The van der Waals surface area contributed by atoms with Crippen LogP contribution in [0.15, 0.2) is 51.7 Å². The molecule has 0 aliphatic rings. The predicted molar refractivity (Wildman–Crippen MR) is 89.5 cm³/mol. The van der Waals surface area contributed by atoms with Crippen LogP contribution in [0.3, 0.4) is 0 Å². The molecule has 0 spiro atoms. The summed E-state index contributed by atoms with van der Waals surface area (Å²) in [5.74, 6) is 0.275. The molecule has 0 fully saturated rings. The highest BCUT2D eigenvalue weighted by Gasteiger charge is 2.07. The highest BCUT2D eigenvalue weighted by molar-refractivity contribution is 6.35. The van der Waals surface area contributed by atoms with E-state index in [0.29, 0.717) is 21.4 Å². The van der Waals surface area contributed by atoms with Gasteiger partial charge in [-0.3, -0.25) is 4.79 Å². The molecule has 22 heavy (non-hydrogen) atoms. The Balaban J connectivity index is 2.04. The first-order valence-electron chi connectivity index (χ1n) is 6.43. The fourth-order valence-corrected chi connectivity index (χ4v) is 2.57. The number of phenols is 1. The molecule has 3 aromatic rings. The van der Waals surface area contributed by atoms with Gasteiger partial charge in [0.2, 0.25) is 0 Å². The van der Waals surface area contributed by atoms with Gasteiger partial charge in [0.15, 0.2) is 5.43 Å². The SMILES string of the molecule is O=c1cc(/C=C/c2ccc(Cl)cc2Cl)oc2cccc(O)c12. The molecular formula is C17H10Cl2O3. The van der Waals surface area contributed by atoms with Gasteiger partial charge >= 0.3 is 0 Å². The number of aromatic hydroxyl groups is 1. The second kappa shape index (κ2) is 5.87. The number of halogens is 2. The van der Waals surface area contributed by atoms with Crippen molar-refractivity contribution in [1.29, 1.82) is 0 Å². The zero-order valence-corrected chi connectivity index (χ0v) is 12.7. The summed E-state index contributed by atoms with van der Waals surface area (Å²) < 4.78 is 5.59. The van der Waals surface area contributed by atoms with E-state index in [0.717, 1.165) is 5.56 Å².